The van der Waals surface area contributed by atoms with Gasteiger partial charge in [0.05, 0.1) is 5.39 Å². The molecule has 0 radical (unpaired) electrons. The van der Waals surface area contributed by atoms with Crippen molar-refractivity contribution >= 4 is 27.4 Å². The lowest BCUT2D eigenvalue weighted by molar-refractivity contribution is 0.0497. The lowest BCUT2D eigenvalue weighted by atomic mass is 10.2. The van der Waals surface area contributed by atoms with Gasteiger partial charge in [0.1, 0.15) is 16.8 Å². The molecule has 2 heterocycles. The maximum Gasteiger partial charge on any atom is 0.161 e. The zero-order chi connectivity index (χ0) is 13.1. The molecule has 0 amide bonds. The van der Waals surface area contributed by atoms with E-state index in [2.05, 4.69) is 23.8 Å². The summed E-state index contributed by atoms with van der Waals surface area (Å²) in [5.41, 5.74) is 6.00. The number of nitrogens with two attached hydrogens (primary N) is 1. The third-order valence-electron chi connectivity index (χ3n) is 2.77. The summed E-state index contributed by atoms with van der Waals surface area (Å²) in [4.78, 5) is 11.2. The molecular weight excluding hydrogens is 246 g/mol. The van der Waals surface area contributed by atoms with Gasteiger partial charge in [0.25, 0.3) is 0 Å². The molecule has 0 saturated carbocycles. The van der Waals surface area contributed by atoms with Crippen molar-refractivity contribution in [2.75, 3.05) is 12.3 Å². The lowest BCUT2D eigenvalue weighted by Crippen LogP contribution is -2.10. The highest BCUT2D eigenvalue weighted by Gasteiger charge is 2.17. The molecule has 0 fully saturated rings. The summed E-state index contributed by atoms with van der Waals surface area (Å²) < 4.78 is 5.70. The van der Waals surface area contributed by atoms with Crippen LogP contribution >= 0.6 is 11.3 Å². The number of nitrogen functional groups attached to an aromatic ring is 1. The Hall–Kier alpha value is -1.20. The summed E-state index contributed by atoms with van der Waals surface area (Å²) >= 11 is 1.65. The van der Waals surface area contributed by atoms with Crippen LogP contribution in [-0.2, 0) is 4.74 Å². The van der Waals surface area contributed by atoms with Crippen LogP contribution in [0.25, 0.3) is 10.2 Å². The molecule has 0 aliphatic heterocycles. The van der Waals surface area contributed by atoms with Crippen LogP contribution in [0.1, 0.15) is 43.5 Å². The standard InChI is InChI=1S/C13H19N3OS/c1-4-6-10(17-5-2)12-15-11(14)9-7-8(3)18-13(9)16-12/h7,10H,4-6H2,1-3H3,(H2,14,15,16). The monoisotopic (exact) mass is 265 g/mol. The minimum absolute atomic E-state index is 0.0471. The number of aromatic nitrogens is 2. The number of rotatable bonds is 5. The fourth-order valence-corrected chi connectivity index (χ4v) is 2.87. The summed E-state index contributed by atoms with van der Waals surface area (Å²) in [7, 11) is 0. The highest BCUT2D eigenvalue weighted by molar-refractivity contribution is 7.18. The second-order valence-electron chi connectivity index (χ2n) is 4.28. The average Bonchev–Trinajstić information content (AvgIpc) is 2.70. The first-order valence-electron chi connectivity index (χ1n) is 6.30. The number of ether oxygens (including phenoxy) is 1. The van der Waals surface area contributed by atoms with Crippen LogP contribution < -0.4 is 5.73 Å². The Morgan fingerprint density at radius 1 is 1.39 bits per heavy atom. The first kappa shape index (κ1) is 13.2. The Bertz CT molecular complexity index is 532. The van der Waals surface area contributed by atoms with Crippen LogP contribution in [-0.4, -0.2) is 16.6 Å². The van der Waals surface area contributed by atoms with E-state index in [1.165, 1.54) is 4.88 Å². The van der Waals surface area contributed by atoms with E-state index in [1.807, 2.05) is 13.0 Å². The number of hydrogen-bond donors (Lipinski definition) is 1. The van der Waals surface area contributed by atoms with E-state index in [9.17, 15) is 0 Å². The number of nitrogens with zero attached hydrogens (tertiary/aromatic N) is 2. The van der Waals surface area contributed by atoms with Gasteiger partial charge in [-0.25, -0.2) is 9.97 Å². The predicted molar refractivity (Wildman–Crippen MR) is 75.8 cm³/mol. The number of anilines is 1. The Morgan fingerprint density at radius 2 is 2.17 bits per heavy atom. The van der Waals surface area contributed by atoms with E-state index >= 15 is 0 Å². The molecule has 0 saturated heterocycles. The van der Waals surface area contributed by atoms with Crippen LogP contribution in [0.3, 0.4) is 0 Å². The zero-order valence-corrected chi connectivity index (χ0v) is 11.9. The highest BCUT2D eigenvalue weighted by Crippen LogP contribution is 2.29. The maximum absolute atomic E-state index is 6.00. The molecule has 98 valence electrons. The van der Waals surface area contributed by atoms with Crippen LogP contribution in [0.4, 0.5) is 5.82 Å². The topological polar surface area (TPSA) is 61.0 Å². The number of hydrogen-bond acceptors (Lipinski definition) is 5. The zero-order valence-electron chi connectivity index (χ0n) is 11.1. The van der Waals surface area contributed by atoms with Gasteiger partial charge in [0.2, 0.25) is 0 Å². The Labute approximate surface area is 111 Å². The van der Waals surface area contributed by atoms with Gasteiger partial charge in [-0.15, -0.1) is 11.3 Å². The molecule has 2 rings (SSSR count). The Kier molecular flexibility index (Phi) is 4.14. The Morgan fingerprint density at radius 3 is 2.83 bits per heavy atom. The van der Waals surface area contributed by atoms with Gasteiger partial charge in [-0.1, -0.05) is 13.3 Å². The first-order valence-corrected chi connectivity index (χ1v) is 7.12. The fraction of sp³-hybridized carbons (Fsp3) is 0.538. The van der Waals surface area contributed by atoms with Crippen molar-refractivity contribution < 1.29 is 4.74 Å². The first-order chi connectivity index (χ1) is 8.65. The van der Waals surface area contributed by atoms with Crippen LogP contribution in [0.5, 0.6) is 0 Å². The summed E-state index contributed by atoms with van der Waals surface area (Å²) in [6, 6.07) is 2.04. The molecule has 2 aromatic heterocycles. The van der Waals surface area contributed by atoms with Crippen molar-refractivity contribution in [1.82, 2.24) is 9.97 Å². The van der Waals surface area contributed by atoms with E-state index in [-0.39, 0.29) is 6.10 Å². The van der Waals surface area contributed by atoms with Gasteiger partial charge in [-0.05, 0) is 26.3 Å². The quantitative estimate of drug-likeness (QED) is 0.899. The summed E-state index contributed by atoms with van der Waals surface area (Å²) in [5, 5.41) is 0.952. The van der Waals surface area contributed by atoms with Gasteiger partial charge in [-0.2, -0.15) is 0 Å². The minimum Gasteiger partial charge on any atom is -0.383 e. The van der Waals surface area contributed by atoms with Crippen molar-refractivity contribution in [2.24, 2.45) is 0 Å². The highest BCUT2D eigenvalue weighted by atomic mass is 32.1. The SMILES string of the molecule is CCCC(OCC)c1nc(N)c2cc(C)sc2n1. The molecule has 0 bridgehead atoms. The van der Waals surface area contributed by atoms with Crippen LogP contribution in [0.15, 0.2) is 6.07 Å². The molecule has 0 spiro atoms. The number of thiophene rings is 1. The molecule has 1 unspecified atom stereocenters. The predicted octanol–water partition coefficient (Wildman–Crippen LogP) is 3.46. The van der Waals surface area contributed by atoms with E-state index in [0.29, 0.717) is 18.2 Å². The van der Waals surface area contributed by atoms with Crippen LogP contribution in [0, 0.1) is 6.92 Å². The fourth-order valence-electron chi connectivity index (χ4n) is 1.98. The maximum atomic E-state index is 6.00. The lowest BCUT2D eigenvalue weighted by Gasteiger charge is -2.15. The second kappa shape index (κ2) is 5.63. The normalized spacial score (nSPS) is 13.1. The molecule has 0 aliphatic rings. The van der Waals surface area contributed by atoms with Crippen molar-refractivity contribution in [3.05, 3.63) is 16.8 Å². The smallest absolute Gasteiger partial charge is 0.161 e. The van der Waals surface area contributed by atoms with E-state index in [1.54, 1.807) is 11.3 Å². The van der Waals surface area contributed by atoms with Gasteiger partial charge in [0, 0.05) is 11.5 Å². The van der Waals surface area contributed by atoms with Gasteiger partial charge < -0.3 is 10.5 Å². The summed E-state index contributed by atoms with van der Waals surface area (Å²) in [6.45, 7) is 6.83. The van der Waals surface area contributed by atoms with Crippen molar-refractivity contribution in [2.45, 2.75) is 39.7 Å². The third-order valence-corrected chi connectivity index (χ3v) is 3.71. The van der Waals surface area contributed by atoms with Crippen molar-refractivity contribution in [1.29, 1.82) is 0 Å². The van der Waals surface area contributed by atoms with Gasteiger partial charge in [0.15, 0.2) is 5.82 Å². The molecule has 2 aromatic rings. The molecular formula is C13H19N3OS. The summed E-state index contributed by atoms with van der Waals surface area (Å²) in [5.74, 6) is 1.27. The molecule has 5 heteroatoms. The minimum atomic E-state index is -0.0471. The third kappa shape index (κ3) is 2.62. The number of aryl methyl sites for hydroxylation is 1. The van der Waals surface area contributed by atoms with Gasteiger partial charge >= 0.3 is 0 Å². The van der Waals surface area contributed by atoms with E-state index in [4.69, 9.17) is 10.5 Å². The van der Waals surface area contributed by atoms with Crippen molar-refractivity contribution in [3.63, 3.8) is 0 Å². The Balaban J connectivity index is 2.42. The van der Waals surface area contributed by atoms with E-state index in [0.717, 1.165) is 23.1 Å². The molecule has 0 aliphatic carbocycles. The molecule has 0 aromatic carbocycles. The molecule has 4 nitrogen and oxygen atoms in total. The molecule has 1 atom stereocenters. The van der Waals surface area contributed by atoms with Gasteiger partial charge in [-0.3, -0.25) is 0 Å². The number of fused-ring (bicyclic) bond motifs is 1. The van der Waals surface area contributed by atoms with Crippen LogP contribution in [0.2, 0.25) is 0 Å². The second-order valence-corrected chi connectivity index (χ2v) is 5.51. The van der Waals surface area contributed by atoms with E-state index < -0.39 is 0 Å². The average molecular weight is 265 g/mol. The molecule has 18 heavy (non-hydrogen) atoms. The molecule has 2 N–H and O–H groups in total. The summed E-state index contributed by atoms with van der Waals surface area (Å²) in [6.07, 6.45) is 1.91. The van der Waals surface area contributed by atoms with Crippen molar-refractivity contribution in [3.8, 4) is 0 Å². The largest absolute Gasteiger partial charge is 0.383 e.